The van der Waals surface area contributed by atoms with Gasteiger partial charge in [-0.2, -0.15) is 0 Å². The van der Waals surface area contributed by atoms with E-state index in [0.717, 1.165) is 35.6 Å². The molecule has 0 bridgehead atoms. The van der Waals surface area contributed by atoms with E-state index in [2.05, 4.69) is 64.7 Å². The number of hydrogen-bond acceptors (Lipinski definition) is 9. The van der Waals surface area contributed by atoms with Gasteiger partial charge in [-0.15, -0.1) is 10.2 Å². The molecule has 0 aliphatic rings. The summed E-state index contributed by atoms with van der Waals surface area (Å²) < 4.78 is 122. The van der Waals surface area contributed by atoms with Crippen molar-refractivity contribution in [1.82, 2.24) is 49.8 Å². The normalized spacial score (nSPS) is 13.1. The monoisotopic (exact) mass is 1030 g/mol. The largest absolute Gasteiger partial charge is 3.00 e. The van der Waals surface area contributed by atoms with Crippen LogP contribution < -0.4 is 0 Å². The maximum absolute atomic E-state index is 10.7. The summed E-state index contributed by atoms with van der Waals surface area (Å²) in [5.74, 6) is 0. The number of benzene rings is 2. The summed E-state index contributed by atoms with van der Waals surface area (Å²) in [7, 11) is -20.3. The van der Waals surface area contributed by atoms with Crippen molar-refractivity contribution in [2.75, 3.05) is 7.11 Å². The van der Waals surface area contributed by atoms with Crippen LogP contribution in [-0.2, 0) is 52.2 Å². The summed E-state index contributed by atoms with van der Waals surface area (Å²) in [5, 5.41) is 24.5. The Hall–Kier alpha value is -5.27. The quantitative estimate of drug-likeness (QED) is 0.0766. The number of halogens is 12. The van der Waals surface area contributed by atoms with E-state index in [0.29, 0.717) is 32.7 Å². The maximum atomic E-state index is 9.87. The standard InChI is InChI=1S/C26H26N8.C10H8N2.CH4O.2F6P.Ru/c1-3-9-22(10-4-1)15-33-20-25(28-30-33)18-32(17-24-13-7-8-14-27-24)19-26-21-34(31-29-26)16-23-11-5-2-6-12-23;1-3-7-11-9(5-1)10-6-2-4-8-12-10;1-2;2*1-7(2,3,4,5)6;/h1-14,20-21H,15-19H2;1-8H;2H,1H3;;;/q;;;2*-1;+3. The molecular formula is C37H38F12N10OP2Ru+. The Labute approximate surface area is 365 Å². The molecule has 7 rings (SSSR count). The summed E-state index contributed by atoms with van der Waals surface area (Å²) in [4.78, 5) is 15.1. The minimum absolute atomic E-state index is 0. The number of aromatic nitrogens is 9. The fraction of sp³-hybridized carbons (Fsp3) is 0.162. The van der Waals surface area contributed by atoms with Gasteiger partial charge in [0.2, 0.25) is 0 Å². The van der Waals surface area contributed by atoms with Crippen LogP contribution in [0.15, 0.2) is 146 Å². The number of nitrogens with zero attached hydrogens (tertiary/aromatic N) is 10. The van der Waals surface area contributed by atoms with Gasteiger partial charge in [0.05, 0.1) is 54.0 Å². The Morgan fingerprint density at radius 1 is 0.444 bits per heavy atom. The van der Waals surface area contributed by atoms with E-state index in [4.69, 9.17) is 5.11 Å². The van der Waals surface area contributed by atoms with Gasteiger partial charge in [0.25, 0.3) is 0 Å². The van der Waals surface area contributed by atoms with Crippen LogP contribution >= 0.6 is 15.6 Å². The topological polar surface area (TPSA) is 124 Å². The van der Waals surface area contributed by atoms with E-state index >= 15 is 0 Å². The van der Waals surface area contributed by atoms with Gasteiger partial charge < -0.3 is 5.11 Å². The number of rotatable bonds is 11. The SMILES string of the molecule is CO.F[P-](F)(F)(F)(F)F.F[P-](F)(F)(F)(F)F.[Ru+3].c1ccc(-c2ccccn2)nc1.c1ccc(Cn2cc(CN(Cc3ccccn3)Cc3cn(Cc4ccccc4)nn3)nn2)cc1. The molecule has 7 aromatic rings. The van der Waals surface area contributed by atoms with Crippen LogP contribution in [0, 0.1) is 0 Å². The summed E-state index contributed by atoms with van der Waals surface area (Å²) in [6.45, 7) is 3.34. The third kappa shape index (κ3) is 28.9. The molecule has 0 aliphatic carbocycles. The second-order valence-electron chi connectivity index (χ2n) is 12.6. The van der Waals surface area contributed by atoms with Crippen LogP contribution in [0.3, 0.4) is 0 Å². The first-order valence-electron chi connectivity index (χ1n) is 17.5. The van der Waals surface area contributed by atoms with Gasteiger partial charge in [-0.25, -0.2) is 9.36 Å². The second kappa shape index (κ2) is 21.4. The van der Waals surface area contributed by atoms with Gasteiger partial charge in [-0.1, -0.05) is 89.3 Å². The molecule has 343 valence electrons. The fourth-order valence-corrected chi connectivity index (χ4v) is 4.89. The van der Waals surface area contributed by atoms with Crippen molar-refractivity contribution in [3.63, 3.8) is 0 Å². The Bertz CT molecular complexity index is 2190. The predicted octanol–water partition coefficient (Wildman–Crippen LogP) is 12.1. The molecule has 5 aromatic heterocycles. The van der Waals surface area contributed by atoms with Crippen molar-refractivity contribution in [3.8, 4) is 11.4 Å². The summed E-state index contributed by atoms with van der Waals surface area (Å²) in [5.41, 5.74) is 7.03. The second-order valence-corrected chi connectivity index (χ2v) is 16.4. The van der Waals surface area contributed by atoms with E-state index < -0.39 is 15.6 Å². The van der Waals surface area contributed by atoms with Crippen LogP contribution in [0.25, 0.3) is 11.4 Å². The van der Waals surface area contributed by atoms with Gasteiger partial charge in [-0.05, 0) is 47.5 Å². The summed E-state index contributed by atoms with van der Waals surface area (Å²) in [6.07, 6.45) is 9.36. The number of pyridine rings is 3. The van der Waals surface area contributed by atoms with Gasteiger partial charge in [0.15, 0.2) is 0 Å². The molecule has 0 atom stereocenters. The van der Waals surface area contributed by atoms with E-state index in [-0.39, 0.29) is 19.5 Å². The number of aliphatic hydroxyl groups is 1. The first-order valence-corrected chi connectivity index (χ1v) is 21.6. The molecule has 5 heterocycles. The predicted molar refractivity (Wildman–Crippen MR) is 211 cm³/mol. The Kier molecular flexibility index (Phi) is 18.3. The van der Waals surface area contributed by atoms with Crippen LogP contribution in [0.2, 0.25) is 0 Å². The zero-order chi connectivity index (χ0) is 46.0. The zero-order valence-corrected chi connectivity index (χ0v) is 36.1. The van der Waals surface area contributed by atoms with E-state index in [1.54, 1.807) is 12.4 Å². The molecule has 2 aromatic carbocycles. The Morgan fingerprint density at radius 2 is 0.762 bits per heavy atom. The molecule has 0 saturated carbocycles. The van der Waals surface area contributed by atoms with E-state index in [9.17, 15) is 50.4 Å². The third-order valence-corrected chi connectivity index (χ3v) is 7.02. The van der Waals surface area contributed by atoms with Crippen molar-refractivity contribution in [3.05, 3.63) is 174 Å². The minimum atomic E-state index is -10.7. The molecule has 0 aliphatic heterocycles. The fourth-order valence-electron chi connectivity index (χ4n) is 4.89. The molecule has 0 amide bonds. The zero-order valence-electron chi connectivity index (χ0n) is 32.6. The third-order valence-electron chi connectivity index (χ3n) is 7.02. The molecule has 1 N–H and O–H groups in total. The van der Waals surface area contributed by atoms with Crippen LogP contribution in [0.5, 0.6) is 0 Å². The molecular weight excluding hydrogens is 991 g/mol. The van der Waals surface area contributed by atoms with Crippen LogP contribution in [-0.4, -0.2) is 62.1 Å². The van der Waals surface area contributed by atoms with Crippen molar-refractivity contribution in [2.45, 2.75) is 32.7 Å². The van der Waals surface area contributed by atoms with Gasteiger partial charge in [0, 0.05) is 45.3 Å². The molecule has 1 radical (unpaired) electrons. The van der Waals surface area contributed by atoms with Gasteiger partial charge in [0.1, 0.15) is 0 Å². The molecule has 0 saturated heterocycles. The molecule has 0 unspecified atom stereocenters. The maximum Gasteiger partial charge on any atom is 3.00 e. The van der Waals surface area contributed by atoms with E-state index in [1.165, 1.54) is 11.1 Å². The van der Waals surface area contributed by atoms with Crippen molar-refractivity contribution < 1.29 is 74.9 Å². The minimum Gasteiger partial charge on any atom is -0.286 e. The first kappa shape index (κ1) is 53.9. The van der Waals surface area contributed by atoms with Crippen molar-refractivity contribution >= 4 is 15.6 Å². The Morgan fingerprint density at radius 3 is 1.08 bits per heavy atom. The Balaban J connectivity index is 0.000000383. The summed E-state index contributed by atoms with van der Waals surface area (Å²) in [6, 6.07) is 38.1. The average molecular weight is 1030 g/mol. The molecule has 0 spiro atoms. The van der Waals surface area contributed by atoms with E-state index in [1.807, 2.05) is 119 Å². The molecule has 11 nitrogen and oxygen atoms in total. The van der Waals surface area contributed by atoms with Crippen molar-refractivity contribution in [1.29, 1.82) is 0 Å². The number of aliphatic hydroxyl groups excluding tert-OH is 1. The van der Waals surface area contributed by atoms with Gasteiger partial charge in [-0.3, -0.25) is 19.9 Å². The molecule has 26 heteroatoms. The van der Waals surface area contributed by atoms with Crippen LogP contribution in [0.4, 0.5) is 50.4 Å². The summed E-state index contributed by atoms with van der Waals surface area (Å²) >= 11 is 0. The van der Waals surface area contributed by atoms with Crippen molar-refractivity contribution in [2.24, 2.45) is 0 Å². The van der Waals surface area contributed by atoms with Gasteiger partial charge >= 0.3 is 85.5 Å². The smallest absolute Gasteiger partial charge is 0.286 e. The molecule has 0 fully saturated rings. The molecule has 63 heavy (non-hydrogen) atoms. The van der Waals surface area contributed by atoms with Crippen LogP contribution in [0.1, 0.15) is 28.2 Å². The first-order chi connectivity index (χ1) is 28.7. The number of hydrogen-bond donors (Lipinski definition) is 1. The average Bonchev–Trinajstić information content (AvgIpc) is 3.83.